The van der Waals surface area contributed by atoms with Crippen LogP contribution < -0.4 is 5.73 Å². The van der Waals surface area contributed by atoms with Gasteiger partial charge in [-0.05, 0) is 26.4 Å². The Labute approximate surface area is 83.3 Å². The van der Waals surface area contributed by atoms with Crippen molar-refractivity contribution in [3.63, 3.8) is 0 Å². The highest BCUT2D eigenvalue weighted by Crippen LogP contribution is 2.28. The third-order valence-electron chi connectivity index (χ3n) is 2.71. The topological polar surface area (TPSA) is 68.2 Å². The summed E-state index contributed by atoms with van der Waals surface area (Å²) >= 11 is 0. The minimum Gasteiger partial charge on any atom is -0.422 e. The largest absolute Gasteiger partial charge is 0.422 e. The van der Waals surface area contributed by atoms with Crippen molar-refractivity contribution in [1.29, 1.82) is 0 Å². The Morgan fingerprint density at radius 3 is 3.00 bits per heavy atom. The fourth-order valence-corrected chi connectivity index (χ4v) is 1.87. The second-order valence-corrected chi connectivity index (χ2v) is 3.73. The van der Waals surface area contributed by atoms with Crippen molar-refractivity contribution in [1.82, 2.24) is 15.1 Å². The van der Waals surface area contributed by atoms with Crippen LogP contribution in [0.5, 0.6) is 0 Å². The van der Waals surface area contributed by atoms with Gasteiger partial charge in [-0.2, -0.15) is 0 Å². The van der Waals surface area contributed by atoms with Crippen LogP contribution in [0, 0.1) is 0 Å². The molecule has 0 spiro atoms. The molecule has 2 heterocycles. The highest BCUT2D eigenvalue weighted by Gasteiger charge is 2.25. The van der Waals surface area contributed by atoms with Gasteiger partial charge in [0.1, 0.15) is 0 Å². The van der Waals surface area contributed by atoms with Gasteiger partial charge in [0.25, 0.3) is 0 Å². The molecule has 14 heavy (non-hydrogen) atoms. The van der Waals surface area contributed by atoms with E-state index in [-0.39, 0.29) is 6.04 Å². The zero-order valence-corrected chi connectivity index (χ0v) is 8.44. The minimum absolute atomic E-state index is 0.288. The van der Waals surface area contributed by atoms with Crippen molar-refractivity contribution in [3.05, 3.63) is 11.8 Å². The lowest BCUT2D eigenvalue weighted by Gasteiger charge is -2.29. The third kappa shape index (κ3) is 1.78. The lowest BCUT2D eigenvalue weighted by molar-refractivity contribution is 0.157. The summed E-state index contributed by atoms with van der Waals surface area (Å²) in [6, 6.07) is 0.288. The molecule has 2 rings (SSSR count). The average molecular weight is 196 g/mol. The fourth-order valence-electron chi connectivity index (χ4n) is 1.87. The number of likely N-dealkylation sites (tertiary alicyclic amines) is 1. The van der Waals surface area contributed by atoms with Gasteiger partial charge in [-0.3, -0.25) is 4.90 Å². The summed E-state index contributed by atoms with van der Waals surface area (Å²) in [5.41, 5.74) is 5.42. The summed E-state index contributed by atoms with van der Waals surface area (Å²) in [7, 11) is 2.09. The average Bonchev–Trinajstić information content (AvgIpc) is 2.67. The molecular weight excluding hydrogens is 180 g/mol. The molecule has 1 atom stereocenters. The maximum atomic E-state index is 5.45. The van der Waals surface area contributed by atoms with Crippen LogP contribution in [0.15, 0.2) is 4.42 Å². The van der Waals surface area contributed by atoms with Crippen LogP contribution in [0.25, 0.3) is 0 Å². The van der Waals surface area contributed by atoms with Gasteiger partial charge in [0.2, 0.25) is 11.8 Å². The smallest absolute Gasteiger partial charge is 0.233 e. The van der Waals surface area contributed by atoms with E-state index < -0.39 is 0 Å². The Hall–Kier alpha value is -0.940. The number of rotatable bonds is 2. The van der Waals surface area contributed by atoms with Crippen LogP contribution in [0.4, 0.5) is 0 Å². The van der Waals surface area contributed by atoms with Gasteiger partial charge in [-0.1, -0.05) is 6.42 Å². The quantitative estimate of drug-likeness (QED) is 0.753. The molecule has 0 aromatic carbocycles. The molecule has 5 heteroatoms. The summed E-state index contributed by atoms with van der Waals surface area (Å²) in [6.07, 6.45) is 3.59. The van der Waals surface area contributed by atoms with Crippen molar-refractivity contribution in [2.24, 2.45) is 5.73 Å². The number of hydrogen-bond acceptors (Lipinski definition) is 5. The van der Waals surface area contributed by atoms with Gasteiger partial charge in [0.15, 0.2) is 0 Å². The first kappa shape index (κ1) is 9.61. The molecule has 1 saturated heterocycles. The molecule has 0 saturated carbocycles. The van der Waals surface area contributed by atoms with Crippen molar-refractivity contribution >= 4 is 0 Å². The van der Waals surface area contributed by atoms with E-state index in [0.717, 1.165) is 13.0 Å². The van der Waals surface area contributed by atoms with E-state index in [2.05, 4.69) is 22.1 Å². The number of nitrogens with two attached hydrogens (primary N) is 1. The minimum atomic E-state index is 0.288. The van der Waals surface area contributed by atoms with Crippen LogP contribution in [0.2, 0.25) is 0 Å². The van der Waals surface area contributed by atoms with E-state index in [1.54, 1.807) is 0 Å². The monoisotopic (exact) mass is 196 g/mol. The van der Waals surface area contributed by atoms with Crippen LogP contribution >= 0.6 is 0 Å². The molecule has 1 aliphatic rings. The molecule has 1 aliphatic heterocycles. The molecule has 0 aliphatic carbocycles. The Kier molecular flexibility index (Phi) is 2.79. The Morgan fingerprint density at radius 1 is 1.50 bits per heavy atom. The first-order valence-corrected chi connectivity index (χ1v) is 5.04. The lowest BCUT2D eigenvalue weighted by Crippen LogP contribution is -2.29. The summed E-state index contributed by atoms with van der Waals surface area (Å²) in [5.74, 6) is 1.24. The maximum absolute atomic E-state index is 5.45. The fraction of sp³-hybridized carbons (Fsp3) is 0.778. The van der Waals surface area contributed by atoms with E-state index in [0.29, 0.717) is 18.3 Å². The number of aromatic nitrogens is 2. The number of hydrogen-bond donors (Lipinski definition) is 1. The first-order valence-electron chi connectivity index (χ1n) is 5.04. The summed E-state index contributed by atoms with van der Waals surface area (Å²) < 4.78 is 5.45. The number of nitrogens with zero attached hydrogens (tertiary/aromatic N) is 3. The molecule has 1 aromatic rings. The van der Waals surface area contributed by atoms with Crippen LogP contribution in [-0.4, -0.2) is 28.7 Å². The van der Waals surface area contributed by atoms with E-state index >= 15 is 0 Å². The molecule has 5 nitrogen and oxygen atoms in total. The first-order chi connectivity index (χ1) is 6.81. The van der Waals surface area contributed by atoms with Crippen LogP contribution in [-0.2, 0) is 6.54 Å². The lowest BCUT2D eigenvalue weighted by atomic mass is 10.0. The second-order valence-electron chi connectivity index (χ2n) is 3.73. The van der Waals surface area contributed by atoms with E-state index in [1.807, 2.05) is 0 Å². The third-order valence-corrected chi connectivity index (χ3v) is 2.71. The van der Waals surface area contributed by atoms with Crippen molar-refractivity contribution < 1.29 is 4.42 Å². The Morgan fingerprint density at radius 2 is 2.36 bits per heavy atom. The number of piperidine rings is 1. The van der Waals surface area contributed by atoms with Gasteiger partial charge in [-0.25, -0.2) is 0 Å². The molecule has 0 radical (unpaired) electrons. The Bertz CT molecular complexity index is 299. The highest BCUT2D eigenvalue weighted by molar-refractivity contribution is 4.92. The van der Waals surface area contributed by atoms with Gasteiger partial charge >= 0.3 is 0 Å². The molecule has 0 amide bonds. The Balaban J connectivity index is 2.12. The van der Waals surface area contributed by atoms with E-state index in [9.17, 15) is 0 Å². The van der Waals surface area contributed by atoms with Gasteiger partial charge in [0.05, 0.1) is 12.6 Å². The van der Waals surface area contributed by atoms with Crippen molar-refractivity contribution in [2.45, 2.75) is 31.8 Å². The molecule has 1 fully saturated rings. The normalized spacial score (nSPS) is 24.0. The highest BCUT2D eigenvalue weighted by atomic mass is 16.4. The summed E-state index contributed by atoms with van der Waals surface area (Å²) in [6.45, 7) is 1.43. The van der Waals surface area contributed by atoms with Gasteiger partial charge < -0.3 is 10.2 Å². The second kappa shape index (κ2) is 4.06. The van der Waals surface area contributed by atoms with E-state index in [4.69, 9.17) is 10.2 Å². The summed E-state index contributed by atoms with van der Waals surface area (Å²) in [5, 5.41) is 7.90. The van der Waals surface area contributed by atoms with Crippen molar-refractivity contribution in [3.8, 4) is 0 Å². The van der Waals surface area contributed by atoms with Crippen LogP contribution in [0.1, 0.15) is 37.1 Å². The van der Waals surface area contributed by atoms with E-state index in [1.165, 1.54) is 12.8 Å². The molecule has 1 unspecified atom stereocenters. The molecule has 78 valence electrons. The zero-order valence-electron chi connectivity index (χ0n) is 8.44. The predicted molar refractivity (Wildman–Crippen MR) is 51.4 cm³/mol. The SMILES string of the molecule is CN1CCCCC1c1nnc(CN)o1. The summed E-state index contributed by atoms with van der Waals surface area (Å²) in [4.78, 5) is 2.26. The molecule has 1 aromatic heterocycles. The van der Waals surface area contributed by atoms with Crippen LogP contribution in [0.3, 0.4) is 0 Å². The predicted octanol–water partition coefficient (Wildman–Crippen LogP) is 0.685. The standard InChI is InChI=1S/C9H16N4O/c1-13-5-3-2-4-7(13)9-12-11-8(6-10)14-9/h7H,2-6,10H2,1H3. The van der Waals surface area contributed by atoms with Gasteiger partial charge in [0, 0.05) is 0 Å². The van der Waals surface area contributed by atoms with Gasteiger partial charge in [-0.15, -0.1) is 10.2 Å². The zero-order chi connectivity index (χ0) is 9.97. The van der Waals surface area contributed by atoms with Crippen molar-refractivity contribution in [2.75, 3.05) is 13.6 Å². The molecular formula is C9H16N4O. The molecule has 0 bridgehead atoms. The molecule has 2 N–H and O–H groups in total. The maximum Gasteiger partial charge on any atom is 0.233 e.